The average Bonchev–Trinajstić information content (AvgIpc) is 2.25. The van der Waals surface area contributed by atoms with Crippen molar-refractivity contribution in [2.45, 2.75) is 72.3 Å². The van der Waals surface area contributed by atoms with E-state index in [2.05, 4.69) is 40.1 Å². The predicted octanol–water partition coefficient (Wildman–Crippen LogP) is 4.23. The minimum absolute atomic E-state index is 0.480. The van der Waals surface area contributed by atoms with Crippen molar-refractivity contribution in [3.8, 4) is 0 Å². The minimum atomic E-state index is 0.480. The van der Waals surface area contributed by atoms with Gasteiger partial charge in [-0.25, -0.2) is 0 Å². The van der Waals surface area contributed by atoms with Crippen LogP contribution >= 0.6 is 0 Å². The summed E-state index contributed by atoms with van der Waals surface area (Å²) in [6.07, 6.45) is 8.41. The van der Waals surface area contributed by atoms with E-state index >= 15 is 0 Å². The third kappa shape index (κ3) is 3.48. The Bertz CT molecular complexity index is 192. The first kappa shape index (κ1) is 14.0. The van der Waals surface area contributed by atoms with Crippen LogP contribution in [0.3, 0.4) is 0 Å². The summed E-state index contributed by atoms with van der Waals surface area (Å²) in [5, 5.41) is 3.57. The molecule has 0 bridgehead atoms. The number of rotatable bonds is 4. The standard InChI is InChI=1S/C15H31N/c1-6-9-14(16-5)12-10-7-8-11-13(12)15(2,3)4/h12-14,16H,6-11H2,1-5H3. The van der Waals surface area contributed by atoms with Gasteiger partial charge in [0.25, 0.3) is 0 Å². The van der Waals surface area contributed by atoms with Crippen molar-refractivity contribution in [3.05, 3.63) is 0 Å². The molecular weight excluding hydrogens is 194 g/mol. The van der Waals surface area contributed by atoms with Gasteiger partial charge in [0.2, 0.25) is 0 Å². The molecule has 1 fully saturated rings. The van der Waals surface area contributed by atoms with Gasteiger partial charge in [0.05, 0.1) is 0 Å². The van der Waals surface area contributed by atoms with Crippen molar-refractivity contribution in [3.63, 3.8) is 0 Å². The highest BCUT2D eigenvalue weighted by Gasteiger charge is 2.37. The third-order valence-electron chi connectivity index (χ3n) is 4.42. The zero-order chi connectivity index (χ0) is 12.2. The van der Waals surface area contributed by atoms with Crippen molar-refractivity contribution in [2.24, 2.45) is 17.3 Å². The number of hydrogen-bond acceptors (Lipinski definition) is 1. The van der Waals surface area contributed by atoms with Crippen LogP contribution in [-0.2, 0) is 0 Å². The molecule has 0 aromatic heterocycles. The van der Waals surface area contributed by atoms with Crippen LogP contribution in [0.4, 0.5) is 0 Å². The highest BCUT2D eigenvalue weighted by molar-refractivity contribution is 4.89. The second-order valence-electron chi connectivity index (χ2n) is 6.60. The summed E-state index contributed by atoms with van der Waals surface area (Å²) in [6.45, 7) is 9.58. The van der Waals surface area contributed by atoms with Gasteiger partial charge >= 0.3 is 0 Å². The van der Waals surface area contributed by atoms with Crippen LogP contribution in [0.1, 0.15) is 66.2 Å². The Kier molecular flexibility index (Phi) is 5.30. The lowest BCUT2D eigenvalue weighted by Crippen LogP contribution is -2.43. The summed E-state index contributed by atoms with van der Waals surface area (Å²) in [6, 6.07) is 0.745. The zero-order valence-electron chi connectivity index (χ0n) is 12.0. The topological polar surface area (TPSA) is 12.0 Å². The van der Waals surface area contributed by atoms with E-state index in [0.29, 0.717) is 5.41 Å². The van der Waals surface area contributed by atoms with Crippen LogP contribution in [0.2, 0.25) is 0 Å². The van der Waals surface area contributed by atoms with Crippen molar-refractivity contribution in [1.82, 2.24) is 5.32 Å². The molecule has 1 aliphatic rings. The molecule has 0 radical (unpaired) electrons. The number of nitrogens with one attached hydrogen (secondary N) is 1. The maximum atomic E-state index is 3.57. The van der Waals surface area contributed by atoms with E-state index in [1.54, 1.807) is 0 Å². The van der Waals surface area contributed by atoms with Gasteiger partial charge in [-0.3, -0.25) is 0 Å². The van der Waals surface area contributed by atoms with E-state index in [1.165, 1.54) is 38.5 Å². The fourth-order valence-electron chi connectivity index (χ4n) is 3.60. The Labute approximate surface area is 102 Å². The molecule has 0 saturated heterocycles. The lowest BCUT2D eigenvalue weighted by molar-refractivity contribution is 0.0787. The smallest absolute Gasteiger partial charge is 0.00950 e. The van der Waals surface area contributed by atoms with Crippen molar-refractivity contribution >= 4 is 0 Å². The van der Waals surface area contributed by atoms with Gasteiger partial charge in [0.1, 0.15) is 0 Å². The van der Waals surface area contributed by atoms with E-state index < -0.39 is 0 Å². The first-order valence-electron chi connectivity index (χ1n) is 7.18. The van der Waals surface area contributed by atoms with Crippen LogP contribution in [0.25, 0.3) is 0 Å². The monoisotopic (exact) mass is 225 g/mol. The second-order valence-corrected chi connectivity index (χ2v) is 6.60. The normalized spacial score (nSPS) is 29.1. The van der Waals surface area contributed by atoms with Crippen LogP contribution in [-0.4, -0.2) is 13.1 Å². The third-order valence-corrected chi connectivity index (χ3v) is 4.42. The Hall–Kier alpha value is -0.0400. The number of hydrogen-bond donors (Lipinski definition) is 1. The summed E-state index contributed by atoms with van der Waals surface area (Å²) >= 11 is 0. The highest BCUT2D eigenvalue weighted by Crippen LogP contribution is 2.43. The van der Waals surface area contributed by atoms with Gasteiger partial charge in [-0.1, -0.05) is 47.0 Å². The fraction of sp³-hybridized carbons (Fsp3) is 1.00. The summed E-state index contributed by atoms with van der Waals surface area (Å²) in [5.41, 5.74) is 0.480. The summed E-state index contributed by atoms with van der Waals surface area (Å²) < 4.78 is 0. The van der Waals surface area contributed by atoms with Gasteiger partial charge in [-0.15, -0.1) is 0 Å². The Morgan fingerprint density at radius 1 is 1.19 bits per heavy atom. The van der Waals surface area contributed by atoms with Crippen molar-refractivity contribution in [2.75, 3.05) is 7.05 Å². The van der Waals surface area contributed by atoms with Gasteiger partial charge < -0.3 is 5.32 Å². The molecule has 0 aromatic carbocycles. The van der Waals surface area contributed by atoms with Crippen molar-refractivity contribution < 1.29 is 0 Å². The largest absolute Gasteiger partial charge is 0.317 e. The predicted molar refractivity (Wildman–Crippen MR) is 72.7 cm³/mol. The molecule has 16 heavy (non-hydrogen) atoms. The van der Waals surface area contributed by atoms with Crippen LogP contribution in [0.5, 0.6) is 0 Å². The Morgan fingerprint density at radius 3 is 2.31 bits per heavy atom. The molecular formula is C15H31N. The van der Waals surface area contributed by atoms with Crippen molar-refractivity contribution in [1.29, 1.82) is 0 Å². The van der Waals surface area contributed by atoms with Gasteiger partial charge in [-0.05, 0) is 43.6 Å². The molecule has 0 aliphatic heterocycles. The molecule has 3 unspecified atom stereocenters. The quantitative estimate of drug-likeness (QED) is 0.755. The maximum absolute atomic E-state index is 3.57. The second kappa shape index (κ2) is 6.05. The molecule has 96 valence electrons. The van der Waals surface area contributed by atoms with Crippen LogP contribution in [0, 0.1) is 17.3 Å². The molecule has 1 saturated carbocycles. The first-order valence-corrected chi connectivity index (χ1v) is 7.18. The van der Waals surface area contributed by atoms with Crippen LogP contribution < -0.4 is 5.32 Å². The Balaban J connectivity index is 2.72. The SMILES string of the molecule is CCCC(NC)C1CCCCC1C(C)(C)C. The van der Waals surface area contributed by atoms with E-state index in [0.717, 1.165) is 17.9 Å². The molecule has 1 aliphatic carbocycles. The summed E-state index contributed by atoms with van der Waals surface area (Å²) in [4.78, 5) is 0. The molecule has 1 nitrogen and oxygen atoms in total. The highest BCUT2D eigenvalue weighted by atomic mass is 14.9. The fourth-order valence-corrected chi connectivity index (χ4v) is 3.60. The molecule has 0 heterocycles. The van der Waals surface area contributed by atoms with Gasteiger partial charge in [0.15, 0.2) is 0 Å². The maximum Gasteiger partial charge on any atom is 0.00950 e. The van der Waals surface area contributed by atoms with E-state index in [9.17, 15) is 0 Å². The average molecular weight is 225 g/mol. The molecule has 0 aromatic rings. The van der Waals surface area contributed by atoms with E-state index in [-0.39, 0.29) is 0 Å². The lowest BCUT2D eigenvalue weighted by Gasteiger charge is -2.44. The van der Waals surface area contributed by atoms with Gasteiger partial charge in [-0.2, -0.15) is 0 Å². The molecule has 0 amide bonds. The first-order chi connectivity index (χ1) is 7.50. The van der Waals surface area contributed by atoms with E-state index in [4.69, 9.17) is 0 Å². The lowest BCUT2D eigenvalue weighted by atomic mass is 9.64. The van der Waals surface area contributed by atoms with Gasteiger partial charge in [0, 0.05) is 6.04 Å². The molecule has 1 heteroatoms. The van der Waals surface area contributed by atoms with E-state index in [1.807, 2.05) is 0 Å². The minimum Gasteiger partial charge on any atom is -0.317 e. The van der Waals surface area contributed by atoms with Crippen LogP contribution in [0.15, 0.2) is 0 Å². The Morgan fingerprint density at radius 2 is 1.81 bits per heavy atom. The molecule has 0 spiro atoms. The molecule has 1 N–H and O–H groups in total. The molecule has 1 rings (SSSR count). The molecule has 3 atom stereocenters. The summed E-state index contributed by atoms with van der Waals surface area (Å²) in [7, 11) is 2.15. The zero-order valence-corrected chi connectivity index (χ0v) is 12.0. The summed E-state index contributed by atoms with van der Waals surface area (Å²) in [5.74, 6) is 1.81.